The SMILES string of the molecule is COC[C@@H]1C[C@@H](N2Cc3sc(-c4cccc(C#N)c4)nc3C2=O)CN1C#N. The molecule has 0 saturated carbocycles. The molecule has 2 atom stereocenters. The van der Waals surface area contributed by atoms with Crippen molar-refractivity contribution >= 4 is 17.2 Å². The van der Waals surface area contributed by atoms with Gasteiger partial charge in [-0.25, -0.2) is 4.98 Å². The van der Waals surface area contributed by atoms with Gasteiger partial charge in [-0.2, -0.15) is 10.5 Å². The van der Waals surface area contributed by atoms with Crippen LogP contribution in [0, 0.1) is 22.8 Å². The van der Waals surface area contributed by atoms with Crippen LogP contribution in [0.25, 0.3) is 10.6 Å². The van der Waals surface area contributed by atoms with E-state index in [4.69, 9.17) is 10.00 Å². The van der Waals surface area contributed by atoms with E-state index >= 15 is 0 Å². The summed E-state index contributed by atoms with van der Waals surface area (Å²) in [4.78, 5) is 21.9. The highest BCUT2D eigenvalue weighted by atomic mass is 32.1. The first-order valence-electron chi connectivity index (χ1n) is 8.61. The molecule has 0 radical (unpaired) electrons. The Bertz CT molecular complexity index is 973. The van der Waals surface area contributed by atoms with Crippen molar-refractivity contribution in [2.75, 3.05) is 20.3 Å². The summed E-state index contributed by atoms with van der Waals surface area (Å²) in [5.41, 5.74) is 1.92. The number of carbonyl (C=O) groups is 1. The number of nitrogens with zero attached hydrogens (tertiary/aromatic N) is 5. The lowest BCUT2D eigenvalue weighted by atomic mass is 10.1. The summed E-state index contributed by atoms with van der Waals surface area (Å²) < 4.78 is 5.20. The number of thiazole rings is 1. The molecule has 0 N–H and O–H groups in total. The van der Waals surface area contributed by atoms with Crippen LogP contribution in [0.4, 0.5) is 0 Å². The van der Waals surface area contributed by atoms with Gasteiger partial charge in [0, 0.05) is 19.2 Å². The normalized spacial score (nSPS) is 21.2. The summed E-state index contributed by atoms with van der Waals surface area (Å²) in [6.07, 6.45) is 2.92. The van der Waals surface area contributed by atoms with E-state index in [0.717, 1.165) is 21.9 Å². The number of rotatable bonds is 4. The number of ether oxygens (including phenoxy) is 1. The highest BCUT2D eigenvalue weighted by Gasteiger charge is 2.42. The Labute approximate surface area is 161 Å². The van der Waals surface area contributed by atoms with Crippen molar-refractivity contribution in [3.05, 3.63) is 40.4 Å². The van der Waals surface area contributed by atoms with Gasteiger partial charge in [-0.1, -0.05) is 12.1 Å². The summed E-state index contributed by atoms with van der Waals surface area (Å²) in [7, 11) is 1.62. The smallest absolute Gasteiger partial charge is 0.274 e. The number of benzene rings is 1. The Morgan fingerprint density at radius 1 is 1.41 bits per heavy atom. The summed E-state index contributed by atoms with van der Waals surface area (Å²) in [6, 6.07) is 9.37. The molecular weight excluding hydrogens is 362 g/mol. The van der Waals surface area contributed by atoms with Crippen LogP contribution < -0.4 is 0 Å². The highest BCUT2D eigenvalue weighted by molar-refractivity contribution is 7.15. The van der Waals surface area contributed by atoms with Crippen molar-refractivity contribution in [2.24, 2.45) is 0 Å². The zero-order valence-corrected chi connectivity index (χ0v) is 15.6. The Morgan fingerprint density at radius 2 is 2.26 bits per heavy atom. The molecule has 2 aliphatic heterocycles. The maximum atomic E-state index is 12.9. The van der Waals surface area contributed by atoms with Gasteiger partial charge < -0.3 is 14.5 Å². The largest absolute Gasteiger partial charge is 0.383 e. The first-order chi connectivity index (χ1) is 13.1. The van der Waals surface area contributed by atoms with Gasteiger partial charge in [-0.15, -0.1) is 11.3 Å². The Kier molecular flexibility index (Phi) is 4.53. The minimum Gasteiger partial charge on any atom is -0.383 e. The molecule has 3 heterocycles. The van der Waals surface area contributed by atoms with E-state index in [1.807, 2.05) is 17.0 Å². The second-order valence-corrected chi connectivity index (χ2v) is 7.75. The number of amides is 1. The predicted octanol–water partition coefficient (Wildman–Crippen LogP) is 2.21. The number of methoxy groups -OCH3 is 1. The second kappa shape index (κ2) is 6.99. The number of nitriles is 2. The van der Waals surface area contributed by atoms with E-state index in [1.54, 1.807) is 24.1 Å². The van der Waals surface area contributed by atoms with Gasteiger partial charge in [0.15, 0.2) is 6.19 Å². The zero-order chi connectivity index (χ0) is 19.0. The van der Waals surface area contributed by atoms with E-state index < -0.39 is 0 Å². The molecule has 1 aromatic carbocycles. The third-order valence-electron chi connectivity index (χ3n) is 5.03. The average molecular weight is 379 g/mol. The molecule has 8 heteroatoms. The number of hydrogen-bond donors (Lipinski definition) is 0. The molecule has 0 spiro atoms. The molecule has 4 rings (SSSR count). The van der Waals surface area contributed by atoms with Crippen LogP contribution in [-0.2, 0) is 11.3 Å². The van der Waals surface area contributed by atoms with E-state index in [1.165, 1.54) is 11.3 Å². The number of likely N-dealkylation sites (tertiary alicyclic amines) is 1. The van der Waals surface area contributed by atoms with Crippen LogP contribution in [0.2, 0.25) is 0 Å². The number of hydrogen-bond acceptors (Lipinski definition) is 7. The lowest BCUT2D eigenvalue weighted by Gasteiger charge is -2.22. The Balaban J connectivity index is 1.54. The van der Waals surface area contributed by atoms with E-state index in [-0.39, 0.29) is 18.0 Å². The fourth-order valence-electron chi connectivity index (χ4n) is 3.72. The second-order valence-electron chi connectivity index (χ2n) is 6.67. The maximum Gasteiger partial charge on any atom is 0.274 e. The topological polar surface area (TPSA) is 93.2 Å². The third kappa shape index (κ3) is 3.03. The van der Waals surface area contributed by atoms with Gasteiger partial charge in [0.05, 0.1) is 41.7 Å². The van der Waals surface area contributed by atoms with Crippen LogP contribution in [0.5, 0.6) is 0 Å². The van der Waals surface area contributed by atoms with Crippen molar-refractivity contribution in [3.63, 3.8) is 0 Å². The van der Waals surface area contributed by atoms with E-state index in [0.29, 0.717) is 31.0 Å². The van der Waals surface area contributed by atoms with Crippen molar-refractivity contribution < 1.29 is 9.53 Å². The van der Waals surface area contributed by atoms with E-state index in [2.05, 4.69) is 17.2 Å². The molecule has 7 nitrogen and oxygen atoms in total. The zero-order valence-electron chi connectivity index (χ0n) is 14.8. The summed E-state index contributed by atoms with van der Waals surface area (Å²) in [6.45, 7) is 1.53. The molecule has 0 unspecified atom stereocenters. The van der Waals surface area contributed by atoms with Crippen LogP contribution >= 0.6 is 11.3 Å². The molecule has 27 heavy (non-hydrogen) atoms. The lowest BCUT2D eigenvalue weighted by molar-refractivity contribution is 0.0706. The predicted molar refractivity (Wildman–Crippen MR) is 98.5 cm³/mol. The summed E-state index contributed by atoms with van der Waals surface area (Å²) >= 11 is 1.49. The molecule has 1 fully saturated rings. The Morgan fingerprint density at radius 3 is 2.96 bits per heavy atom. The molecule has 0 aliphatic carbocycles. The summed E-state index contributed by atoms with van der Waals surface area (Å²) in [5, 5.41) is 19.1. The van der Waals surface area contributed by atoms with E-state index in [9.17, 15) is 10.1 Å². The van der Waals surface area contributed by atoms with Crippen LogP contribution in [0.1, 0.15) is 27.3 Å². The molecule has 2 aromatic rings. The van der Waals surface area contributed by atoms with Crippen molar-refractivity contribution in [1.82, 2.24) is 14.8 Å². The fourth-order valence-corrected chi connectivity index (χ4v) is 4.77. The van der Waals surface area contributed by atoms with Gasteiger partial charge in [-0.05, 0) is 18.6 Å². The molecule has 136 valence electrons. The third-order valence-corrected chi connectivity index (χ3v) is 6.12. The first-order valence-corrected chi connectivity index (χ1v) is 9.42. The van der Waals surface area contributed by atoms with Crippen LogP contribution in [0.3, 0.4) is 0 Å². The minimum atomic E-state index is -0.0788. The van der Waals surface area contributed by atoms with Crippen molar-refractivity contribution in [3.8, 4) is 22.8 Å². The maximum absolute atomic E-state index is 12.9. The van der Waals surface area contributed by atoms with Crippen molar-refractivity contribution in [2.45, 2.75) is 25.0 Å². The standard InChI is InChI=1S/C19H17N5O2S/c1-26-10-15-6-14(8-23(15)11-21)24-9-16-17(19(24)25)22-18(27-16)13-4-2-3-12(5-13)7-20/h2-5,14-15H,6,8-10H2,1H3/t14-,15+/m1/s1. The monoisotopic (exact) mass is 379 g/mol. The van der Waals surface area contributed by atoms with Crippen LogP contribution in [-0.4, -0.2) is 53.0 Å². The number of carbonyl (C=O) groups excluding carboxylic acids is 1. The van der Waals surface area contributed by atoms with Gasteiger partial charge >= 0.3 is 0 Å². The van der Waals surface area contributed by atoms with Gasteiger partial charge in [0.1, 0.15) is 10.7 Å². The molecule has 0 bridgehead atoms. The molecular formula is C19H17N5O2S. The molecule has 2 aliphatic rings. The van der Waals surface area contributed by atoms with Gasteiger partial charge in [0.2, 0.25) is 0 Å². The van der Waals surface area contributed by atoms with Gasteiger partial charge in [-0.3, -0.25) is 4.79 Å². The summed E-state index contributed by atoms with van der Waals surface area (Å²) in [5.74, 6) is -0.0788. The number of aromatic nitrogens is 1. The van der Waals surface area contributed by atoms with Crippen LogP contribution in [0.15, 0.2) is 24.3 Å². The Hall–Kier alpha value is -2.94. The molecule has 1 aromatic heterocycles. The molecule has 1 saturated heterocycles. The lowest BCUT2D eigenvalue weighted by Crippen LogP contribution is -2.37. The van der Waals surface area contributed by atoms with Gasteiger partial charge in [0.25, 0.3) is 5.91 Å². The highest BCUT2D eigenvalue weighted by Crippen LogP contribution is 2.36. The van der Waals surface area contributed by atoms with Crippen molar-refractivity contribution in [1.29, 1.82) is 10.5 Å². The first kappa shape index (κ1) is 17.5. The minimum absolute atomic E-state index is 0.00803. The average Bonchev–Trinajstić information content (AvgIpc) is 3.36. The fraction of sp³-hybridized carbons (Fsp3) is 0.368. The number of fused-ring (bicyclic) bond motifs is 1. The molecule has 1 amide bonds. The quantitative estimate of drug-likeness (QED) is 0.756.